The van der Waals surface area contributed by atoms with E-state index in [2.05, 4.69) is 15.5 Å². The lowest BCUT2D eigenvalue weighted by molar-refractivity contribution is 0.0117. The number of carbonyl (C=O) groups excluding carboxylic acids is 1. The normalized spacial score (nSPS) is 20.1. The Balaban J connectivity index is 1.71. The van der Waals surface area contributed by atoms with Gasteiger partial charge < -0.3 is 15.8 Å². The number of aromatic nitrogens is 2. The van der Waals surface area contributed by atoms with Crippen LogP contribution in [-0.2, 0) is 4.74 Å². The molecule has 94 valence electrons. The number of rotatable bonds is 4. The molecule has 1 aromatic rings. The zero-order chi connectivity index (χ0) is 12.1. The zero-order valence-electron chi connectivity index (χ0n) is 9.74. The topological polar surface area (TPSA) is 93.0 Å². The zero-order valence-corrected chi connectivity index (χ0v) is 9.74. The van der Waals surface area contributed by atoms with Crippen LogP contribution in [0, 0.1) is 0 Å². The van der Waals surface area contributed by atoms with Gasteiger partial charge in [-0.1, -0.05) is 0 Å². The fourth-order valence-electron chi connectivity index (χ4n) is 1.95. The summed E-state index contributed by atoms with van der Waals surface area (Å²) >= 11 is 0. The first-order valence-electron chi connectivity index (χ1n) is 5.96. The van der Waals surface area contributed by atoms with Gasteiger partial charge in [-0.25, -0.2) is 0 Å². The van der Waals surface area contributed by atoms with Crippen LogP contribution >= 0.6 is 0 Å². The number of amides is 1. The maximum absolute atomic E-state index is 11.7. The van der Waals surface area contributed by atoms with Crippen LogP contribution in [0.1, 0.15) is 36.2 Å². The van der Waals surface area contributed by atoms with Crippen LogP contribution in [0.3, 0.4) is 0 Å². The molecule has 1 aliphatic rings. The second-order valence-electron chi connectivity index (χ2n) is 4.23. The molecule has 1 saturated heterocycles. The number of anilines is 1. The summed E-state index contributed by atoms with van der Waals surface area (Å²) in [7, 11) is 0. The first-order valence-corrected chi connectivity index (χ1v) is 5.96. The van der Waals surface area contributed by atoms with E-state index in [0.29, 0.717) is 17.9 Å². The number of carbonyl (C=O) groups is 1. The Morgan fingerprint density at radius 3 is 3.18 bits per heavy atom. The van der Waals surface area contributed by atoms with Crippen LogP contribution < -0.4 is 11.1 Å². The lowest BCUT2D eigenvalue weighted by atomic mass is 10.1. The number of hydrogen-bond donors (Lipinski definition) is 3. The number of nitrogen functional groups attached to an aromatic ring is 1. The third-order valence-corrected chi connectivity index (χ3v) is 2.92. The van der Waals surface area contributed by atoms with Gasteiger partial charge in [-0.05, 0) is 25.7 Å². The van der Waals surface area contributed by atoms with Crippen molar-refractivity contribution in [1.29, 1.82) is 0 Å². The highest BCUT2D eigenvalue weighted by molar-refractivity contribution is 5.96. The summed E-state index contributed by atoms with van der Waals surface area (Å²) in [5, 5.41) is 9.08. The molecule has 0 spiro atoms. The van der Waals surface area contributed by atoms with E-state index in [1.165, 1.54) is 12.6 Å². The molecule has 2 heterocycles. The van der Waals surface area contributed by atoms with Gasteiger partial charge in [-0.15, -0.1) is 0 Å². The first-order chi connectivity index (χ1) is 8.27. The molecule has 1 atom stereocenters. The highest BCUT2D eigenvalue weighted by atomic mass is 16.5. The summed E-state index contributed by atoms with van der Waals surface area (Å²) in [6.45, 7) is 1.44. The van der Waals surface area contributed by atoms with Gasteiger partial charge in [0.2, 0.25) is 0 Å². The van der Waals surface area contributed by atoms with Gasteiger partial charge in [-0.3, -0.25) is 9.89 Å². The summed E-state index contributed by atoms with van der Waals surface area (Å²) in [6.07, 6.45) is 6.00. The highest BCUT2D eigenvalue weighted by Crippen LogP contribution is 2.15. The molecule has 0 saturated carbocycles. The van der Waals surface area contributed by atoms with Crippen molar-refractivity contribution in [1.82, 2.24) is 15.5 Å². The molecule has 0 bridgehead atoms. The fourth-order valence-corrected chi connectivity index (χ4v) is 1.95. The van der Waals surface area contributed by atoms with Crippen LogP contribution in [0.5, 0.6) is 0 Å². The predicted octanol–water partition coefficient (Wildman–Crippen LogP) is 0.681. The number of ether oxygens (including phenoxy) is 1. The Morgan fingerprint density at radius 1 is 1.65 bits per heavy atom. The van der Waals surface area contributed by atoms with Crippen molar-refractivity contribution in [3.63, 3.8) is 0 Å². The van der Waals surface area contributed by atoms with Gasteiger partial charge in [0.05, 0.1) is 18.0 Å². The SMILES string of the molecule is Nc1cn[nH]c1C(=O)NCCC1CCCCO1. The van der Waals surface area contributed by atoms with E-state index in [0.717, 1.165) is 25.9 Å². The molecule has 6 nitrogen and oxygen atoms in total. The molecule has 1 fully saturated rings. The number of hydrogen-bond acceptors (Lipinski definition) is 4. The van der Waals surface area contributed by atoms with Gasteiger partial charge >= 0.3 is 0 Å². The largest absolute Gasteiger partial charge is 0.396 e. The molecule has 4 N–H and O–H groups in total. The molecular formula is C11H18N4O2. The molecular weight excluding hydrogens is 220 g/mol. The maximum Gasteiger partial charge on any atom is 0.271 e. The van der Waals surface area contributed by atoms with E-state index in [4.69, 9.17) is 10.5 Å². The minimum Gasteiger partial charge on any atom is -0.396 e. The lowest BCUT2D eigenvalue weighted by Gasteiger charge is -2.22. The van der Waals surface area contributed by atoms with E-state index in [-0.39, 0.29) is 12.0 Å². The van der Waals surface area contributed by atoms with Crippen molar-refractivity contribution in [2.75, 3.05) is 18.9 Å². The van der Waals surface area contributed by atoms with Crippen molar-refractivity contribution in [3.05, 3.63) is 11.9 Å². The van der Waals surface area contributed by atoms with Crippen LogP contribution in [0.25, 0.3) is 0 Å². The highest BCUT2D eigenvalue weighted by Gasteiger charge is 2.15. The summed E-state index contributed by atoms with van der Waals surface area (Å²) in [5.41, 5.74) is 6.28. The molecule has 1 aromatic heterocycles. The van der Waals surface area contributed by atoms with Crippen LogP contribution in [0.15, 0.2) is 6.20 Å². The Morgan fingerprint density at radius 2 is 2.53 bits per heavy atom. The quantitative estimate of drug-likeness (QED) is 0.719. The molecule has 17 heavy (non-hydrogen) atoms. The van der Waals surface area contributed by atoms with E-state index in [9.17, 15) is 4.79 Å². The number of H-pyrrole nitrogens is 1. The van der Waals surface area contributed by atoms with E-state index in [1.54, 1.807) is 0 Å². The maximum atomic E-state index is 11.7. The Bertz CT molecular complexity index is 371. The number of aromatic amines is 1. The lowest BCUT2D eigenvalue weighted by Crippen LogP contribution is -2.30. The summed E-state index contributed by atoms with van der Waals surface area (Å²) in [4.78, 5) is 11.7. The molecule has 0 aromatic carbocycles. The minimum absolute atomic E-state index is 0.212. The molecule has 1 unspecified atom stereocenters. The summed E-state index contributed by atoms with van der Waals surface area (Å²) in [6, 6.07) is 0. The van der Waals surface area contributed by atoms with Crippen LogP contribution in [0.4, 0.5) is 5.69 Å². The van der Waals surface area contributed by atoms with Gasteiger partial charge in [-0.2, -0.15) is 5.10 Å². The van der Waals surface area contributed by atoms with Crippen molar-refractivity contribution in [2.24, 2.45) is 0 Å². The molecule has 6 heteroatoms. The summed E-state index contributed by atoms with van der Waals surface area (Å²) < 4.78 is 5.58. The Kier molecular flexibility index (Phi) is 3.98. The van der Waals surface area contributed by atoms with Crippen LogP contribution in [-0.4, -0.2) is 35.4 Å². The minimum atomic E-state index is -0.212. The van der Waals surface area contributed by atoms with Crippen molar-refractivity contribution in [3.8, 4) is 0 Å². The fraction of sp³-hybridized carbons (Fsp3) is 0.636. The molecule has 2 rings (SSSR count). The summed E-state index contributed by atoms with van der Waals surface area (Å²) in [5.74, 6) is -0.212. The third-order valence-electron chi connectivity index (χ3n) is 2.92. The predicted molar refractivity (Wildman–Crippen MR) is 63.5 cm³/mol. The smallest absolute Gasteiger partial charge is 0.271 e. The van der Waals surface area contributed by atoms with Crippen molar-refractivity contribution in [2.45, 2.75) is 31.8 Å². The van der Waals surface area contributed by atoms with E-state index in [1.807, 2.05) is 0 Å². The number of nitrogens with two attached hydrogens (primary N) is 1. The Hall–Kier alpha value is -1.56. The average molecular weight is 238 g/mol. The standard InChI is InChI=1S/C11H18N4O2/c12-9-7-14-15-10(9)11(16)13-5-4-8-3-1-2-6-17-8/h7-8H,1-6,12H2,(H,13,16)(H,14,15). The number of nitrogens with zero attached hydrogens (tertiary/aromatic N) is 1. The number of nitrogens with one attached hydrogen (secondary N) is 2. The van der Waals surface area contributed by atoms with Gasteiger partial charge in [0, 0.05) is 13.2 Å². The second kappa shape index (κ2) is 5.67. The van der Waals surface area contributed by atoms with Crippen molar-refractivity contribution >= 4 is 11.6 Å². The monoisotopic (exact) mass is 238 g/mol. The molecule has 1 amide bonds. The Labute approximate surface area is 99.9 Å². The van der Waals surface area contributed by atoms with Crippen molar-refractivity contribution < 1.29 is 9.53 Å². The first kappa shape index (κ1) is 11.9. The average Bonchev–Trinajstić information content (AvgIpc) is 2.77. The molecule has 1 aliphatic heterocycles. The van der Waals surface area contributed by atoms with Gasteiger partial charge in [0.1, 0.15) is 5.69 Å². The van der Waals surface area contributed by atoms with E-state index < -0.39 is 0 Å². The van der Waals surface area contributed by atoms with E-state index >= 15 is 0 Å². The van der Waals surface area contributed by atoms with Crippen LogP contribution in [0.2, 0.25) is 0 Å². The van der Waals surface area contributed by atoms with Gasteiger partial charge in [0.25, 0.3) is 5.91 Å². The third kappa shape index (κ3) is 3.20. The molecule has 0 radical (unpaired) electrons. The second-order valence-corrected chi connectivity index (χ2v) is 4.23. The van der Waals surface area contributed by atoms with Gasteiger partial charge in [0.15, 0.2) is 0 Å². The molecule has 0 aliphatic carbocycles.